The molecule has 2 amide bonds. The maximum atomic E-state index is 12.6. The van der Waals surface area contributed by atoms with Gasteiger partial charge in [0.05, 0.1) is 25.0 Å². The van der Waals surface area contributed by atoms with Gasteiger partial charge in [-0.1, -0.05) is 22.9 Å². The number of anilines is 1. The number of hydrazone groups is 1. The number of carbonyl (C=O) groups is 3. The van der Waals surface area contributed by atoms with Crippen molar-refractivity contribution >= 4 is 45.6 Å². The van der Waals surface area contributed by atoms with Crippen LogP contribution in [-0.4, -0.2) is 37.2 Å². The second kappa shape index (κ2) is 13.8. The summed E-state index contributed by atoms with van der Waals surface area (Å²) >= 11 is 3.30. The van der Waals surface area contributed by atoms with E-state index in [4.69, 9.17) is 14.2 Å². The van der Waals surface area contributed by atoms with Crippen molar-refractivity contribution in [1.82, 2.24) is 5.43 Å². The van der Waals surface area contributed by atoms with E-state index in [2.05, 4.69) is 31.8 Å². The SMILES string of the molecule is CCCOc1ccc(C(=O)Oc2ccc(C=NNC(=O)C(=O)Nc3ccc(Br)cc3)cc2OCC)cc1. The van der Waals surface area contributed by atoms with E-state index in [-0.39, 0.29) is 5.75 Å². The Labute approximate surface area is 222 Å². The molecule has 0 unspecified atom stereocenters. The number of esters is 1. The fourth-order valence-electron chi connectivity index (χ4n) is 2.96. The first-order valence-corrected chi connectivity index (χ1v) is 12.3. The van der Waals surface area contributed by atoms with Crippen LogP contribution in [0.15, 0.2) is 76.3 Å². The molecule has 0 aliphatic carbocycles. The molecule has 0 atom stereocenters. The van der Waals surface area contributed by atoms with Gasteiger partial charge in [0.2, 0.25) is 0 Å². The van der Waals surface area contributed by atoms with Gasteiger partial charge in [-0.2, -0.15) is 5.10 Å². The third kappa shape index (κ3) is 8.46. The van der Waals surface area contributed by atoms with Crippen LogP contribution in [-0.2, 0) is 9.59 Å². The summed E-state index contributed by atoms with van der Waals surface area (Å²) in [6.07, 6.45) is 2.23. The molecule has 0 saturated carbocycles. The molecule has 0 fully saturated rings. The summed E-state index contributed by atoms with van der Waals surface area (Å²) in [7, 11) is 0. The molecule has 3 aromatic carbocycles. The minimum absolute atomic E-state index is 0.230. The normalized spacial score (nSPS) is 10.6. The van der Waals surface area contributed by atoms with E-state index in [9.17, 15) is 14.4 Å². The van der Waals surface area contributed by atoms with Gasteiger partial charge in [-0.3, -0.25) is 9.59 Å². The van der Waals surface area contributed by atoms with E-state index >= 15 is 0 Å². The van der Waals surface area contributed by atoms with Crippen molar-refractivity contribution in [2.75, 3.05) is 18.5 Å². The van der Waals surface area contributed by atoms with E-state index < -0.39 is 17.8 Å². The number of amides is 2. The molecule has 192 valence electrons. The smallest absolute Gasteiger partial charge is 0.343 e. The molecular formula is C27H26BrN3O6. The molecule has 0 heterocycles. The average molecular weight is 568 g/mol. The summed E-state index contributed by atoms with van der Waals surface area (Å²) in [5.74, 6) is -1.11. The van der Waals surface area contributed by atoms with Gasteiger partial charge in [0, 0.05) is 10.2 Å². The molecule has 0 aliphatic heterocycles. The zero-order valence-corrected chi connectivity index (χ0v) is 21.9. The summed E-state index contributed by atoms with van der Waals surface area (Å²) < 4.78 is 17.5. The van der Waals surface area contributed by atoms with Crippen molar-refractivity contribution in [2.24, 2.45) is 5.10 Å². The molecule has 9 nitrogen and oxygen atoms in total. The molecular weight excluding hydrogens is 542 g/mol. The summed E-state index contributed by atoms with van der Waals surface area (Å²) in [4.78, 5) is 36.7. The van der Waals surface area contributed by atoms with Crippen LogP contribution in [0.5, 0.6) is 17.2 Å². The molecule has 0 radical (unpaired) electrons. The molecule has 0 aromatic heterocycles. The van der Waals surface area contributed by atoms with Gasteiger partial charge in [0.1, 0.15) is 5.75 Å². The summed E-state index contributed by atoms with van der Waals surface area (Å²) in [6.45, 7) is 4.74. The van der Waals surface area contributed by atoms with E-state index in [1.165, 1.54) is 6.21 Å². The fraction of sp³-hybridized carbons (Fsp3) is 0.185. The Bertz CT molecular complexity index is 1260. The lowest BCUT2D eigenvalue weighted by Crippen LogP contribution is -2.32. The lowest BCUT2D eigenvalue weighted by atomic mass is 10.2. The number of rotatable bonds is 10. The molecule has 3 aromatic rings. The number of nitrogens with one attached hydrogen (secondary N) is 2. The summed E-state index contributed by atoms with van der Waals surface area (Å²) in [6, 6.07) is 18.3. The monoisotopic (exact) mass is 567 g/mol. The van der Waals surface area contributed by atoms with Gasteiger partial charge < -0.3 is 19.5 Å². The third-order valence-corrected chi connectivity index (χ3v) is 5.25. The van der Waals surface area contributed by atoms with Crippen LogP contribution < -0.4 is 25.0 Å². The highest BCUT2D eigenvalue weighted by Gasteiger charge is 2.15. The van der Waals surface area contributed by atoms with Gasteiger partial charge in [-0.25, -0.2) is 10.2 Å². The van der Waals surface area contributed by atoms with Crippen LogP contribution in [0, 0.1) is 0 Å². The van der Waals surface area contributed by atoms with Crippen LogP contribution in [0.2, 0.25) is 0 Å². The maximum Gasteiger partial charge on any atom is 0.343 e. The van der Waals surface area contributed by atoms with Crippen molar-refractivity contribution in [1.29, 1.82) is 0 Å². The highest BCUT2D eigenvalue weighted by molar-refractivity contribution is 9.10. The second-order valence-electron chi connectivity index (χ2n) is 7.56. The lowest BCUT2D eigenvalue weighted by Gasteiger charge is -2.12. The Balaban J connectivity index is 1.60. The van der Waals surface area contributed by atoms with Gasteiger partial charge in [-0.15, -0.1) is 0 Å². The second-order valence-corrected chi connectivity index (χ2v) is 8.48. The predicted molar refractivity (Wildman–Crippen MR) is 143 cm³/mol. The first-order chi connectivity index (χ1) is 17.9. The molecule has 0 aliphatic rings. The Hall–Kier alpha value is -4.18. The van der Waals surface area contributed by atoms with Crippen LogP contribution >= 0.6 is 15.9 Å². The first kappa shape index (κ1) is 27.4. The van der Waals surface area contributed by atoms with Gasteiger partial charge >= 0.3 is 17.8 Å². The Morgan fingerprint density at radius 3 is 2.30 bits per heavy atom. The highest BCUT2D eigenvalue weighted by atomic mass is 79.9. The third-order valence-electron chi connectivity index (χ3n) is 4.72. The zero-order chi connectivity index (χ0) is 26.6. The quantitative estimate of drug-likeness (QED) is 0.118. The Morgan fingerprint density at radius 1 is 0.892 bits per heavy atom. The Kier molecular flexibility index (Phi) is 10.2. The highest BCUT2D eigenvalue weighted by Crippen LogP contribution is 2.29. The van der Waals surface area contributed by atoms with E-state index in [0.717, 1.165) is 10.9 Å². The summed E-state index contributed by atoms with van der Waals surface area (Å²) in [5.41, 5.74) is 3.56. The number of halogens is 1. The van der Waals surface area contributed by atoms with Gasteiger partial charge in [0.15, 0.2) is 11.5 Å². The van der Waals surface area contributed by atoms with Crippen molar-refractivity contribution in [3.63, 3.8) is 0 Å². The average Bonchev–Trinajstić information content (AvgIpc) is 2.90. The molecule has 37 heavy (non-hydrogen) atoms. The number of benzene rings is 3. The minimum atomic E-state index is -0.930. The van der Waals surface area contributed by atoms with Crippen molar-refractivity contribution < 1.29 is 28.6 Å². The van der Waals surface area contributed by atoms with E-state index in [1.807, 2.05) is 6.92 Å². The zero-order valence-electron chi connectivity index (χ0n) is 20.3. The number of carbonyl (C=O) groups excluding carboxylic acids is 3. The standard InChI is InChI=1S/C27H26BrN3O6/c1-3-15-36-22-12-6-19(7-13-22)27(34)37-23-14-5-18(16-24(23)35-4-2)17-29-31-26(33)25(32)30-21-10-8-20(28)9-11-21/h5-14,16-17H,3-4,15H2,1-2H3,(H,30,32)(H,31,33). The first-order valence-electron chi connectivity index (χ1n) is 11.5. The molecule has 10 heteroatoms. The van der Waals surface area contributed by atoms with Gasteiger partial charge in [-0.05, 0) is 85.6 Å². The fourth-order valence-corrected chi connectivity index (χ4v) is 3.23. The van der Waals surface area contributed by atoms with Crippen LogP contribution in [0.1, 0.15) is 36.2 Å². The molecule has 3 rings (SSSR count). The Morgan fingerprint density at radius 2 is 1.62 bits per heavy atom. The predicted octanol–water partition coefficient (Wildman–Crippen LogP) is 4.94. The topological polar surface area (TPSA) is 115 Å². The van der Waals surface area contributed by atoms with E-state index in [1.54, 1.807) is 73.7 Å². The van der Waals surface area contributed by atoms with Crippen LogP contribution in [0.3, 0.4) is 0 Å². The van der Waals surface area contributed by atoms with Crippen LogP contribution in [0.25, 0.3) is 0 Å². The number of hydrogen-bond acceptors (Lipinski definition) is 7. The van der Waals surface area contributed by atoms with Crippen LogP contribution in [0.4, 0.5) is 5.69 Å². The van der Waals surface area contributed by atoms with Crippen molar-refractivity contribution in [3.05, 3.63) is 82.3 Å². The lowest BCUT2D eigenvalue weighted by molar-refractivity contribution is -0.136. The molecule has 0 spiro atoms. The number of hydrogen-bond donors (Lipinski definition) is 2. The van der Waals surface area contributed by atoms with Crippen molar-refractivity contribution in [2.45, 2.75) is 20.3 Å². The number of ether oxygens (including phenoxy) is 3. The minimum Gasteiger partial charge on any atom is -0.494 e. The molecule has 0 bridgehead atoms. The number of nitrogens with zero attached hydrogens (tertiary/aromatic N) is 1. The maximum absolute atomic E-state index is 12.6. The summed E-state index contributed by atoms with van der Waals surface area (Å²) in [5, 5.41) is 6.29. The molecule has 0 saturated heterocycles. The molecule has 2 N–H and O–H groups in total. The van der Waals surface area contributed by atoms with E-state index in [0.29, 0.717) is 41.5 Å². The van der Waals surface area contributed by atoms with Crippen molar-refractivity contribution in [3.8, 4) is 17.2 Å². The van der Waals surface area contributed by atoms with Gasteiger partial charge in [0.25, 0.3) is 0 Å². The largest absolute Gasteiger partial charge is 0.494 e.